The lowest BCUT2D eigenvalue weighted by molar-refractivity contribution is 0.0920. The first-order valence-electron chi connectivity index (χ1n) is 10.0. The fraction of sp³-hybridized carbons (Fsp3) is 0.500. The molecule has 0 bridgehead atoms. The summed E-state index contributed by atoms with van der Waals surface area (Å²) in [6, 6.07) is 6.50. The first-order valence-corrected chi connectivity index (χ1v) is 11.5. The van der Waals surface area contributed by atoms with E-state index in [0.29, 0.717) is 44.3 Å². The van der Waals surface area contributed by atoms with Gasteiger partial charge in [-0.2, -0.15) is 4.31 Å². The molecular weight excluding hydrogens is 392 g/mol. The maximum atomic E-state index is 13.3. The van der Waals surface area contributed by atoms with Crippen LogP contribution in [0.25, 0.3) is 10.8 Å². The van der Waals surface area contributed by atoms with E-state index in [2.05, 4.69) is 10.3 Å². The van der Waals surface area contributed by atoms with Crippen molar-refractivity contribution in [2.75, 3.05) is 26.2 Å². The highest BCUT2D eigenvalue weighted by Gasteiger charge is 2.33. The number of hydrogen-bond donors (Lipinski definition) is 2. The summed E-state index contributed by atoms with van der Waals surface area (Å²) in [7, 11) is -3.68. The van der Waals surface area contributed by atoms with Crippen molar-refractivity contribution in [3.05, 3.63) is 36.7 Å². The fourth-order valence-corrected chi connectivity index (χ4v) is 5.81. The van der Waals surface area contributed by atoms with Crippen LogP contribution in [0.4, 0.5) is 4.79 Å². The number of sulfonamides is 1. The molecule has 1 atom stereocenters. The van der Waals surface area contributed by atoms with E-state index in [4.69, 9.17) is 0 Å². The molecule has 0 aliphatic carbocycles. The number of pyridine rings is 1. The Morgan fingerprint density at radius 3 is 2.72 bits per heavy atom. The van der Waals surface area contributed by atoms with Gasteiger partial charge in [-0.1, -0.05) is 12.1 Å². The van der Waals surface area contributed by atoms with Gasteiger partial charge in [-0.15, -0.1) is 0 Å². The van der Waals surface area contributed by atoms with Crippen LogP contribution in [0.3, 0.4) is 0 Å². The molecule has 2 N–H and O–H groups in total. The number of nitrogens with zero attached hydrogens (tertiary/aromatic N) is 3. The number of urea groups is 1. The molecule has 9 heteroatoms. The average Bonchev–Trinajstić information content (AvgIpc) is 2.74. The number of aromatic nitrogens is 1. The molecule has 0 radical (unpaired) electrons. The Labute approximate surface area is 170 Å². The number of aliphatic hydroxyl groups excluding tert-OH is 1. The third kappa shape index (κ3) is 4.22. The number of piperidine rings is 2. The van der Waals surface area contributed by atoms with E-state index in [-0.39, 0.29) is 29.6 Å². The van der Waals surface area contributed by atoms with E-state index in [0.717, 1.165) is 11.8 Å². The van der Waals surface area contributed by atoms with E-state index in [1.807, 2.05) is 6.07 Å². The molecule has 2 saturated heterocycles. The summed E-state index contributed by atoms with van der Waals surface area (Å²) in [5, 5.41) is 14.0. The van der Waals surface area contributed by atoms with Gasteiger partial charge in [-0.3, -0.25) is 4.98 Å². The van der Waals surface area contributed by atoms with Gasteiger partial charge in [-0.05, 0) is 37.8 Å². The highest BCUT2D eigenvalue weighted by Crippen LogP contribution is 2.27. The number of fused-ring (bicyclic) bond motifs is 1. The van der Waals surface area contributed by atoms with Gasteiger partial charge in [0.15, 0.2) is 0 Å². The Morgan fingerprint density at radius 1 is 1.14 bits per heavy atom. The van der Waals surface area contributed by atoms with E-state index in [9.17, 15) is 18.3 Å². The Morgan fingerprint density at radius 2 is 1.93 bits per heavy atom. The monoisotopic (exact) mass is 418 g/mol. The first-order chi connectivity index (χ1) is 13.9. The normalized spacial score (nSPS) is 22.0. The summed E-state index contributed by atoms with van der Waals surface area (Å²) in [5.41, 5.74) is 0. The summed E-state index contributed by atoms with van der Waals surface area (Å²) >= 11 is 0. The summed E-state index contributed by atoms with van der Waals surface area (Å²) in [5.74, 6) is 0. The standard InChI is InChI=1S/C20H26N4O4S/c25-17-7-11-23(12-8-17)20(26)22-16-4-2-10-24(14-16)29(27,28)19-5-1-3-15-13-21-9-6-18(15)19/h1,3,5-6,9,13,16-17,25H,2,4,7-8,10-12,14H2,(H,22,26)/t16-/m0/s1. The van der Waals surface area contributed by atoms with Crippen LogP contribution in [0, 0.1) is 0 Å². The number of amides is 2. The van der Waals surface area contributed by atoms with Crippen molar-refractivity contribution in [1.29, 1.82) is 0 Å². The van der Waals surface area contributed by atoms with Gasteiger partial charge in [0.05, 0.1) is 11.0 Å². The molecule has 29 heavy (non-hydrogen) atoms. The molecule has 2 aliphatic rings. The third-order valence-electron chi connectivity index (χ3n) is 5.72. The molecule has 2 amide bonds. The predicted octanol–water partition coefficient (Wildman–Crippen LogP) is 1.55. The van der Waals surface area contributed by atoms with Crippen LogP contribution >= 0.6 is 0 Å². The largest absolute Gasteiger partial charge is 0.393 e. The lowest BCUT2D eigenvalue weighted by atomic mass is 10.1. The van der Waals surface area contributed by atoms with Crippen LogP contribution in [0.2, 0.25) is 0 Å². The Balaban J connectivity index is 1.48. The smallest absolute Gasteiger partial charge is 0.317 e. The van der Waals surface area contributed by atoms with Gasteiger partial charge in [0.25, 0.3) is 0 Å². The van der Waals surface area contributed by atoms with Crippen LogP contribution in [-0.2, 0) is 10.0 Å². The third-order valence-corrected chi connectivity index (χ3v) is 7.65. The van der Waals surface area contributed by atoms with Crippen molar-refractivity contribution in [2.45, 2.75) is 42.7 Å². The molecule has 0 unspecified atom stereocenters. The van der Waals surface area contributed by atoms with E-state index in [1.54, 1.807) is 35.5 Å². The summed E-state index contributed by atoms with van der Waals surface area (Å²) in [4.78, 5) is 18.6. The van der Waals surface area contributed by atoms with Crippen molar-refractivity contribution in [3.63, 3.8) is 0 Å². The number of hydrogen-bond acceptors (Lipinski definition) is 5. The maximum Gasteiger partial charge on any atom is 0.317 e. The fourth-order valence-electron chi connectivity index (χ4n) is 4.07. The highest BCUT2D eigenvalue weighted by molar-refractivity contribution is 7.89. The molecule has 3 heterocycles. The highest BCUT2D eigenvalue weighted by atomic mass is 32.2. The first kappa shape index (κ1) is 20.1. The second-order valence-corrected chi connectivity index (χ2v) is 9.63. The Kier molecular flexibility index (Phi) is 5.71. The van der Waals surface area contributed by atoms with Gasteiger partial charge in [-0.25, -0.2) is 13.2 Å². The number of benzene rings is 1. The number of carbonyl (C=O) groups excluding carboxylic acids is 1. The SMILES string of the molecule is O=C(N[C@H]1CCCN(S(=O)(=O)c2cccc3cnccc23)C1)N1CCC(O)CC1. The van der Waals surface area contributed by atoms with Gasteiger partial charge < -0.3 is 15.3 Å². The molecule has 4 rings (SSSR count). The lowest BCUT2D eigenvalue weighted by Crippen LogP contribution is -2.54. The topological polar surface area (TPSA) is 103 Å². The quantitative estimate of drug-likeness (QED) is 0.787. The van der Waals surface area contributed by atoms with E-state index in [1.165, 1.54) is 4.31 Å². The molecule has 1 aromatic heterocycles. The minimum Gasteiger partial charge on any atom is -0.393 e. The number of rotatable bonds is 3. The number of carbonyl (C=O) groups is 1. The molecule has 156 valence electrons. The zero-order valence-electron chi connectivity index (χ0n) is 16.2. The zero-order chi connectivity index (χ0) is 20.4. The number of nitrogens with one attached hydrogen (secondary N) is 1. The minimum absolute atomic E-state index is 0.183. The van der Waals surface area contributed by atoms with Crippen molar-refractivity contribution < 1.29 is 18.3 Å². The predicted molar refractivity (Wildman–Crippen MR) is 109 cm³/mol. The van der Waals surface area contributed by atoms with Gasteiger partial charge in [0, 0.05) is 55.4 Å². The second-order valence-electron chi connectivity index (χ2n) is 7.72. The molecule has 2 aliphatic heterocycles. The summed E-state index contributed by atoms with van der Waals surface area (Å²) in [6.45, 7) is 1.73. The summed E-state index contributed by atoms with van der Waals surface area (Å²) in [6.07, 6.45) is 5.50. The van der Waals surface area contributed by atoms with Crippen LogP contribution in [0.15, 0.2) is 41.6 Å². The molecule has 2 aromatic rings. The molecule has 2 fully saturated rings. The van der Waals surface area contributed by atoms with Crippen LogP contribution < -0.4 is 5.32 Å². The maximum absolute atomic E-state index is 13.3. The van der Waals surface area contributed by atoms with Crippen molar-refractivity contribution in [1.82, 2.24) is 19.5 Å². The lowest BCUT2D eigenvalue weighted by Gasteiger charge is -2.35. The van der Waals surface area contributed by atoms with Gasteiger partial charge in [0.1, 0.15) is 0 Å². The molecule has 0 saturated carbocycles. The molecule has 8 nitrogen and oxygen atoms in total. The molecular formula is C20H26N4O4S. The van der Waals surface area contributed by atoms with E-state index >= 15 is 0 Å². The van der Waals surface area contributed by atoms with Crippen LogP contribution in [0.1, 0.15) is 25.7 Å². The zero-order valence-corrected chi connectivity index (χ0v) is 17.0. The van der Waals surface area contributed by atoms with Gasteiger partial charge >= 0.3 is 6.03 Å². The average molecular weight is 419 g/mol. The van der Waals surface area contributed by atoms with Crippen LogP contribution in [0.5, 0.6) is 0 Å². The molecule has 0 spiro atoms. The van der Waals surface area contributed by atoms with Crippen molar-refractivity contribution >= 4 is 26.8 Å². The minimum atomic E-state index is -3.68. The van der Waals surface area contributed by atoms with Crippen molar-refractivity contribution in [2.24, 2.45) is 0 Å². The van der Waals surface area contributed by atoms with E-state index < -0.39 is 10.0 Å². The summed E-state index contributed by atoms with van der Waals surface area (Å²) < 4.78 is 28.1. The Hall–Kier alpha value is -2.23. The number of likely N-dealkylation sites (tertiary alicyclic amines) is 1. The van der Waals surface area contributed by atoms with Gasteiger partial charge in [0.2, 0.25) is 10.0 Å². The Bertz CT molecular complexity index is 984. The van der Waals surface area contributed by atoms with Crippen molar-refractivity contribution in [3.8, 4) is 0 Å². The van der Waals surface area contributed by atoms with Crippen LogP contribution in [-0.4, -0.2) is 72.1 Å². The number of aliphatic hydroxyl groups is 1. The molecule has 1 aromatic carbocycles. The second kappa shape index (κ2) is 8.25.